The molecule has 76 valence electrons. The highest BCUT2D eigenvalue weighted by atomic mass is 19.3. The topological polar surface area (TPSA) is 26.3 Å². The quantitative estimate of drug-likeness (QED) is 0.697. The number of hydrogen-bond acceptors (Lipinski definition) is 2. The predicted molar refractivity (Wildman–Crippen MR) is 47.8 cm³/mol. The summed E-state index contributed by atoms with van der Waals surface area (Å²) in [6.45, 7) is 0. The van der Waals surface area contributed by atoms with E-state index in [1.807, 2.05) is 0 Å². The molecule has 1 unspecified atom stereocenters. The van der Waals surface area contributed by atoms with E-state index in [0.717, 1.165) is 0 Å². The van der Waals surface area contributed by atoms with Crippen LogP contribution in [-0.2, 0) is 4.79 Å². The average molecular weight is 200 g/mol. The Morgan fingerprint density at radius 3 is 2.21 bits per heavy atom. The van der Waals surface area contributed by atoms with Gasteiger partial charge in [-0.2, -0.15) is 0 Å². The summed E-state index contributed by atoms with van der Waals surface area (Å²) in [7, 11) is 1.49. The number of carbonyl (C=O) groups is 1. The third-order valence-corrected chi connectivity index (χ3v) is 1.92. The Balaban J connectivity index is 2.89. The average Bonchev–Trinajstić information content (AvgIpc) is 2.19. The van der Waals surface area contributed by atoms with Gasteiger partial charge in [0.05, 0.1) is 7.11 Å². The fourth-order valence-electron chi connectivity index (χ4n) is 1.11. The summed E-state index contributed by atoms with van der Waals surface area (Å²) in [5, 5.41) is 0. The van der Waals surface area contributed by atoms with Crippen molar-refractivity contribution in [2.24, 2.45) is 0 Å². The number of carbonyl (C=O) groups excluding carboxylic acids is 1. The zero-order valence-electron chi connectivity index (χ0n) is 7.61. The second-order valence-electron chi connectivity index (χ2n) is 2.77. The Labute approximate surface area is 80.5 Å². The minimum atomic E-state index is -2.67. The van der Waals surface area contributed by atoms with Gasteiger partial charge in [-0.25, -0.2) is 8.78 Å². The largest absolute Gasteiger partial charge is 0.497 e. The van der Waals surface area contributed by atoms with Crippen LogP contribution in [0.25, 0.3) is 0 Å². The molecule has 0 N–H and O–H groups in total. The molecule has 0 heterocycles. The molecule has 0 saturated heterocycles. The number of ether oxygens (including phenoxy) is 1. The van der Waals surface area contributed by atoms with Gasteiger partial charge in [-0.1, -0.05) is 12.1 Å². The third-order valence-electron chi connectivity index (χ3n) is 1.92. The van der Waals surface area contributed by atoms with E-state index in [9.17, 15) is 13.6 Å². The van der Waals surface area contributed by atoms with E-state index in [1.165, 1.54) is 19.2 Å². The van der Waals surface area contributed by atoms with Crippen LogP contribution >= 0.6 is 0 Å². The van der Waals surface area contributed by atoms with Crippen molar-refractivity contribution < 1.29 is 18.3 Å². The first-order valence-corrected chi connectivity index (χ1v) is 4.06. The first kappa shape index (κ1) is 10.6. The van der Waals surface area contributed by atoms with Crippen LogP contribution in [0.15, 0.2) is 24.3 Å². The second kappa shape index (κ2) is 4.69. The molecule has 1 aromatic rings. The molecular weight excluding hydrogens is 190 g/mol. The highest BCUT2D eigenvalue weighted by Gasteiger charge is 2.21. The van der Waals surface area contributed by atoms with Crippen LogP contribution < -0.4 is 4.74 Å². The molecule has 14 heavy (non-hydrogen) atoms. The Kier molecular flexibility index (Phi) is 3.56. The van der Waals surface area contributed by atoms with E-state index in [1.54, 1.807) is 12.1 Å². The lowest BCUT2D eigenvalue weighted by atomic mass is 10.0. The molecule has 0 saturated carbocycles. The lowest BCUT2D eigenvalue weighted by molar-refractivity contribution is -0.111. The summed E-state index contributed by atoms with van der Waals surface area (Å²) in [5.74, 6) is -0.770. The van der Waals surface area contributed by atoms with Crippen molar-refractivity contribution >= 4 is 6.29 Å². The minimum absolute atomic E-state index is 0.256. The van der Waals surface area contributed by atoms with Gasteiger partial charge in [0, 0.05) is 0 Å². The van der Waals surface area contributed by atoms with E-state index >= 15 is 0 Å². The third kappa shape index (κ3) is 2.28. The van der Waals surface area contributed by atoms with Crippen molar-refractivity contribution in [1.82, 2.24) is 0 Å². The highest BCUT2D eigenvalue weighted by Crippen LogP contribution is 2.23. The monoisotopic (exact) mass is 200 g/mol. The van der Waals surface area contributed by atoms with Gasteiger partial charge in [0.15, 0.2) is 0 Å². The van der Waals surface area contributed by atoms with Crippen molar-refractivity contribution in [3.8, 4) is 5.75 Å². The van der Waals surface area contributed by atoms with Gasteiger partial charge >= 0.3 is 0 Å². The SMILES string of the molecule is COc1ccc(C(C=O)C(F)F)cc1. The Hall–Kier alpha value is -1.45. The minimum Gasteiger partial charge on any atom is -0.497 e. The van der Waals surface area contributed by atoms with Crippen molar-refractivity contribution in [3.63, 3.8) is 0 Å². The van der Waals surface area contributed by atoms with Crippen LogP contribution in [0.2, 0.25) is 0 Å². The number of methoxy groups -OCH3 is 1. The number of hydrogen-bond donors (Lipinski definition) is 0. The van der Waals surface area contributed by atoms with Crippen molar-refractivity contribution in [1.29, 1.82) is 0 Å². The molecule has 0 aliphatic rings. The van der Waals surface area contributed by atoms with E-state index in [-0.39, 0.29) is 6.29 Å². The van der Waals surface area contributed by atoms with Gasteiger partial charge in [0.25, 0.3) is 6.43 Å². The predicted octanol–water partition coefficient (Wildman–Crippen LogP) is 2.24. The van der Waals surface area contributed by atoms with Gasteiger partial charge in [0.1, 0.15) is 18.0 Å². The Bertz CT molecular complexity index is 295. The van der Waals surface area contributed by atoms with Crippen molar-refractivity contribution in [3.05, 3.63) is 29.8 Å². The Morgan fingerprint density at radius 2 is 1.86 bits per heavy atom. The molecule has 1 atom stereocenters. The smallest absolute Gasteiger partial charge is 0.252 e. The standard InChI is InChI=1S/C10H10F2O2/c1-14-8-4-2-7(3-5-8)9(6-13)10(11)12/h2-6,9-10H,1H3. The van der Waals surface area contributed by atoms with E-state index in [2.05, 4.69) is 0 Å². The summed E-state index contributed by atoms with van der Waals surface area (Å²) >= 11 is 0. The molecule has 4 heteroatoms. The number of benzene rings is 1. The number of rotatable bonds is 4. The van der Waals surface area contributed by atoms with Gasteiger partial charge in [-0.05, 0) is 17.7 Å². The van der Waals surface area contributed by atoms with Crippen molar-refractivity contribution in [2.75, 3.05) is 7.11 Å². The van der Waals surface area contributed by atoms with Crippen LogP contribution in [0.5, 0.6) is 5.75 Å². The molecule has 0 aromatic heterocycles. The maximum absolute atomic E-state index is 12.3. The van der Waals surface area contributed by atoms with Crippen LogP contribution in [-0.4, -0.2) is 19.8 Å². The van der Waals surface area contributed by atoms with E-state index in [4.69, 9.17) is 4.74 Å². The zero-order chi connectivity index (χ0) is 10.6. The summed E-state index contributed by atoms with van der Waals surface area (Å²) in [4.78, 5) is 10.4. The van der Waals surface area contributed by atoms with Crippen LogP contribution in [0.4, 0.5) is 8.78 Å². The molecular formula is C10H10F2O2. The fraction of sp³-hybridized carbons (Fsp3) is 0.300. The summed E-state index contributed by atoms with van der Waals surface area (Å²) in [6.07, 6.45) is -2.41. The molecule has 0 fully saturated rings. The molecule has 0 radical (unpaired) electrons. The van der Waals surface area contributed by atoms with Crippen molar-refractivity contribution in [2.45, 2.75) is 12.3 Å². The first-order chi connectivity index (χ1) is 6.69. The van der Waals surface area contributed by atoms with E-state index in [0.29, 0.717) is 11.3 Å². The Morgan fingerprint density at radius 1 is 1.29 bits per heavy atom. The second-order valence-corrected chi connectivity index (χ2v) is 2.77. The summed E-state index contributed by atoms with van der Waals surface area (Å²) in [6, 6.07) is 6.02. The molecule has 2 nitrogen and oxygen atoms in total. The lowest BCUT2D eigenvalue weighted by Crippen LogP contribution is -2.10. The maximum Gasteiger partial charge on any atom is 0.252 e. The van der Waals surface area contributed by atoms with Gasteiger partial charge in [-0.3, -0.25) is 0 Å². The normalized spacial score (nSPS) is 12.6. The molecule has 0 aliphatic carbocycles. The number of alkyl halides is 2. The molecule has 0 bridgehead atoms. The summed E-state index contributed by atoms with van der Waals surface area (Å²) < 4.78 is 29.5. The van der Waals surface area contributed by atoms with Crippen LogP contribution in [0, 0.1) is 0 Å². The number of halogens is 2. The van der Waals surface area contributed by atoms with E-state index < -0.39 is 12.3 Å². The van der Waals surface area contributed by atoms with Crippen LogP contribution in [0.1, 0.15) is 11.5 Å². The van der Waals surface area contributed by atoms with Crippen LogP contribution in [0.3, 0.4) is 0 Å². The fourth-order valence-corrected chi connectivity index (χ4v) is 1.11. The number of aldehydes is 1. The molecule has 1 rings (SSSR count). The molecule has 0 spiro atoms. The summed E-state index contributed by atoms with van der Waals surface area (Å²) in [5.41, 5.74) is 0.302. The van der Waals surface area contributed by atoms with Gasteiger partial charge < -0.3 is 9.53 Å². The molecule has 0 amide bonds. The first-order valence-electron chi connectivity index (χ1n) is 4.06. The maximum atomic E-state index is 12.3. The van der Waals surface area contributed by atoms with Gasteiger partial charge in [-0.15, -0.1) is 0 Å². The molecule has 0 aliphatic heterocycles. The molecule has 1 aromatic carbocycles. The zero-order valence-corrected chi connectivity index (χ0v) is 7.61. The highest BCUT2D eigenvalue weighted by molar-refractivity contribution is 5.63. The van der Waals surface area contributed by atoms with Gasteiger partial charge in [0.2, 0.25) is 0 Å². The lowest BCUT2D eigenvalue weighted by Gasteiger charge is -2.09.